The summed E-state index contributed by atoms with van der Waals surface area (Å²) >= 11 is 3.04. The van der Waals surface area contributed by atoms with E-state index in [4.69, 9.17) is 11.5 Å². The maximum Gasteiger partial charge on any atom is 0.416 e. The largest absolute Gasteiger partial charge is 0.416 e. The van der Waals surface area contributed by atoms with Crippen molar-refractivity contribution in [2.45, 2.75) is 19.1 Å². The number of nitrogens with two attached hydrogens (primary N) is 2. The van der Waals surface area contributed by atoms with Crippen LogP contribution < -0.4 is 11.5 Å². The number of rotatable bonds is 2. The van der Waals surface area contributed by atoms with E-state index < -0.39 is 17.8 Å². The quantitative estimate of drug-likeness (QED) is 0.856. The van der Waals surface area contributed by atoms with E-state index in [9.17, 15) is 13.2 Å². The molecule has 0 aliphatic carbocycles. The minimum atomic E-state index is -4.50. The van der Waals surface area contributed by atoms with E-state index in [-0.39, 0.29) is 11.4 Å². The van der Waals surface area contributed by atoms with Crippen molar-refractivity contribution in [1.82, 2.24) is 4.98 Å². The lowest BCUT2D eigenvalue weighted by molar-refractivity contribution is -0.138. The highest BCUT2D eigenvalue weighted by molar-refractivity contribution is 9.10. The summed E-state index contributed by atoms with van der Waals surface area (Å²) in [6.07, 6.45) is -2.96. The highest BCUT2D eigenvalue weighted by Crippen LogP contribution is 2.38. The van der Waals surface area contributed by atoms with E-state index >= 15 is 0 Å². The lowest BCUT2D eigenvalue weighted by Gasteiger charge is -2.20. The lowest BCUT2D eigenvalue weighted by Crippen LogP contribution is -2.20. The zero-order chi connectivity index (χ0) is 15.8. The Morgan fingerprint density at radius 2 is 1.86 bits per heavy atom. The number of anilines is 1. The highest BCUT2D eigenvalue weighted by Gasteiger charge is 2.35. The fourth-order valence-electron chi connectivity index (χ4n) is 2.06. The second kappa shape index (κ2) is 5.65. The SMILES string of the molecule is Cc1cnc(N)c(C(N)c2ccc(Br)cc2C(F)(F)F)c1. The molecule has 0 fully saturated rings. The maximum atomic E-state index is 13.2. The number of pyridine rings is 1. The summed E-state index contributed by atoms with van der Waals surface area (Å²) in [7, 11) is 0. The van der Waals surface area contributed by atoms with Crippen molar-refractivity contribution < 1.29 is 13.2 Å². The van der Waals surface area contributed by atoms with Gasteiger partial charge in [0.05, 0.1) is 11.6 Å². The maximum absolute atomic E-state index is 13.2. The normalized spacial score (nSPS) is 13.2. The molecule has 1 aromatic heterocycles. The van der Waals surface area contributed by atoms with Crippen molar-refractivity contribution in [2.75, 3.05) is 5.73 Å². The first kappa shape index (κ1) is 15.8. The number of nitrogens with zero attached hydrogens (tertiary/aromatic N) is 1. The summed E-state index contributed by atoms with van der Waals surface area (Å²) in [6.45, 7) is 1.77. The molecule has 0 aliphatic rings. The van der Waals surface area contributed by atoms with Gasteiger partial charge in [-0.15, -0.1) is 0 Å². The van der Waals surface area contributed by atoms with Gasteiger partial charge in [-0.1, -0.05) is 22.0 Å². The molecule has 1 unspecified atom stereocenters. The number of alkyl halides is 3. The predicted octanol–water partition coefficient (Wildman–Crippen LogP) is 3.80. The molecule has 0 amide bonds. The monoisotopic (exact) mass is 359 g/mol. The number of hydrogen-bond donors (Lipinski definition) is 2. The Balaban J connectivity index is 2.58. The molecule has 0 radical (unpaired) electrons. The third-order valence-electron chi connectivity index (χ3n) is 3.08. The summed E-state index contributed by atoms with van der Waals surface area (Å²) < 4.78 is 39.8. The van der Waals surface area contributed by atoms with Gasteiger partial charge < -0.3 is 11.5 Å². The second-order valence-corrected chi connectivity index (χ2v) is 5.61. The molecule has 0 bridgehead atoms. The molecular weight excluding hydrogens is 347 g/mol. The molecule has 0 aliphatic heterocycles. The van der Waals surface area contributed by atoms with E-state index in [0.717, 1.165) is 11.6 Å². The standard InChI is InChI=1S/C14H13BrF3N3/c1-7-4-10(13(20)21-6-7)12(19)9-3-2-8(15)5-11(9)14(16,17)18/h2-6,12H,19H2,1H3,(H2,20,21). The van der Waals surface area contributed by atoms with Gasteiger partial charge in [0.15, 0.2) is 0 Å². The number of aromatic nitrogens is 1. The van der Waals surface area contributed by atoms with Crippen molar-refractivity contribution in [2.24, 2.45) is 5.73 Å². The van der Waals surface area contributed by atoms with Gasteiger partial charge in [-0.3, -0.25) is 0 Å². The zero-order valence-electron chi connectivity index (χ0n) is 11.1. The van der Waals surface area contributed by atoms with E-state index in [0.29, 0.717) is 10.0 Å². The number of halogens is 4. The van der Waals surface area contributed by atoms with E-state index in [1.807, 2.05) is 0 Å². The van der Waals surface area contributed by atoms with Crippen LogP contribution in [0.4, 0.5) is 19.0 Å². The molecule has 0 spiro atoms. The predicted molar refractivity (Wildman–Crippen MR) is 78.6 cm³/mol. The minimum absolute atomic E-state index is 0.0372. The molecule has 2 rings (SSSR count). The Morgan fingerprint density at radius 3 is 2.48 bits per heavy atom. The first-order valence-corrected chi connectivity index (χ1v) is 6.83. The fraction of sp³-hybridized carbons (Fsp3) is 0.214. The van der Waals surface area contributed by atoms with Crippen LogP contribution in [0.25, 0.3) is 0 Å². The molecule has 21 heavy (non-hydrogen) atoms. The van der Waals surface area contributed by atoms with Gasteiger partial charge in [0, 0.05) is 16.2 Å². The van der Waals surface area contributed by atoms with Crippen LogP contribution in [0.1, 0.15) is 28.3 Å². The van der Waals surface area contributed by atoms with Crippen LogP contribution in [-0.4, -0.2) is 4.98 Å². The number of benzene rings is 1. The van der Waals surface area contributed by atoms with E-state index in [2.05, 4.69) is 20.9 Å². The molecule has 2 aromatic rings. The molecule has 1 atom stereocenters. The molecule has 0 saturated heterocycles. The van der Waals surface area contributed by atoms with Gasteiger partial charge in [0.2, 0.25) is 0 Å². The summed E-state index contributed by atoms with van der Waals surface area (Å²) in [5, 5.41) is 0. The second-order valence-electron chi connectivity index (χ2n) is 4.69. The van der Waals surface area contributed by atoms with Crippen molar-refractivity contribution in [3.8, 4) is 0 Å². The van der Waals surface area contributed by atoms with Gasteiger partial charge in [-0.2, -0.15) is 13.2 Å². The van der Waals surface area contributed by atoms with Crippen molar-refractivity contribution in [3.63, 3.8) is 0 Å². The number of aryl methyl sites for hydroxylation is 1. The Morgan fingerprint density at radius 1 is 1.19 bits per heavy atom. The molecule has 0 saturated carbocycles. The van der Waals surface area contributed by atoms with Gasteiger partial charge in [-0.05, 0) is 36.2 Å². The third-order valence-corrected chi connectivity index (χ3v) is 3.57. The van der Waals surface area contributed by atoms with Crippen LogP contribution in [0.3, 0.4) is 0 Å². The van der Waals surface area contributed by atoms with Crippen LogP contribution in [0.5, 0.6) is 0 Å². The van der Waals surface area contributed by atoms with Crippen molar-refractivity contribution >= 4 is 21.7 Å². The van der Waals surface area contributed by atoms with Crippen LogP contribution in [0, 0.1) is 6.92 Å². The van der Waals surface area contributed by atoms with Crippen molar-refractivity contribution in [3.05, 3.63) is 57.2 Å². The lowest BCUT2D eigenvalue weighted by atomic mass is 9.94. The Kier molecular flexibility index (Phi) is 4.25. The minimum Gasteiger partial charge on any atom is -0.383 e. The Hall–Kier alpha value is -1.60. The van der Waals surface area contributed by atoms with Crippen LogP contribution in [-0.2, 0) is 6.18 Å². The first-order chi connectivity index (χ1) is 9.70. The Bertz CT molecular complexity index is 671. The summed E-state index contributed by atoms with van der Waals surface area (Å²) in [5.74, 6) is 0.129. The fourth-order valence-corrected chi connectivity index (χ4v) is 2.43. The van der Waals surface area contributed by atoms with E-state index in [1.54, 1.807) is 13.0 Å². The molecule has 4 N–H and O–H groups in total. The third kappa shape index (κ3) is 3.36. The van der Waals surface area contributed by atoms with E-state index in [1.165, 1.54) is 18.3 Å². The zero-order valence-corrected chi connectivity index (χ0v) is 12.7. The topological polar surface area (TPSA) is 64.9 Å². The van der Waals surface area contributed by atoms with Gasteiger partial charge in [0.25, 0.3) is 0 Å². The molecule has 7 heteroatoms. The van der Waals surface area contributed by atoms with Gasteiger partial charge >= 0.3 is 6.18 Å². The van der Waals surface area contributed by atoms with Crippen LogP contribution >= 0.6 is 15.9 Å². The summed E-state index contributed by atoms with van der Waals surface area (Å²) in [6, 6.07) is 4.52. The van der Waals surface area contributed by atoms with Crippen LogP contribution in [0.15, 0.2) is 34.9 Å². The molecular formula is C14H13BrF3N3. The van der Waals surface area contributed by atoms with Crippen LogP contribution in [0.2, 0.25) is 0 Å². The smallest absolute Gasteiger partial charge is 0.383 e. The number of nitrogen functional groups attached to an aromatic ring is 1. The highest BCUT2D eigenvalue weighted by atomic mass is 79.9. The summed E-state index contributed by atoms with van der Waals surface area (Å²) in [4.78, 5) is 3.94. The average Bonchev–Trinajstić information content (AvgIpc) is 2.40. The summed E-state index contributed by atoms with van der Waals surface area (Å²) in [5.41, 5.74) is 12.1. The van der Waals surface area contributed by atoms with Gasteiger partial charge in [-0.25, -0.2) is 4.98 Å². The van der Waals surface area contributed by atoms with Gasteiger partial charge in [0.1, 0.15) is 5.82 Å². The molecule has 1 aromatic carbocycles. The first-order valence-electron chi connectivity index (χ1n) is 6.04. The number of hydrogen-bond acceptors (Lipinski definition) is 3. The molecule has 3 nitrogen and oxygen atoms in total. The molecule has 1 heterocycles. The average molecular weight is 360 g/mol. The molecule has 112 valence electrons. The Labute approximate surface area is 128 Å². The van der Waals surface area contributed by atoms with Crippen molar-refractivity contribution in [1.29, 1.82) is 0 Å².